The van der Waals surface area contributed by atoms with Crippen molar-refractivity contribution < 1.29 is 9.53 Å². The molecule has 0 unspecified atom stereocenters. The van der Waals surface area contributed by atoms with Crippen molar-refractivity contribution in [2.75, 3.05) is 6.61 Å². The van der Waals surface area contributed by atoms with E-state index in [9.17, 15) is 4.79 Å². The van der Waals surface area contributed by atoms with E-state index in [-0.39, 0.29) is 0 Å². The van der Waals surface area contributed by atoms with Crippen molar-refractivity contribution in [2.24, 2.45) is 0 Å². The predicted molar refractivity (Wildman–Crippen MR) is 72.2 cm³/mol. The lowest BCUT2D eigenvalue weighted by Gasteiger charge is -2.05. The zero-order valence-electron chi connectivity index (χ0n) is 10.2. The van der Waals surface area contributed by atoms with E-state index in [0.717, 1.165) is 12.8 Å². The zero-order valence-corrected chi connectivity index (χ0v) is 10.2. The van der Waals surface area contributed by atoms with Crippen LogP contribution in [0, 0.1) is 0 Å². The number of aryl methyl sites for hydroxylation is 1. The summed E-state index contributed by atoms with van der Waals surface area (Å²) in [6, 6.07) is 18.8. The monoisotopic (exact) mass is 240 g/mol. The first-order chi connectivity index (χ1) is 8.90. The minimum atomic E-state index is 0.485. The molecule has 0 bridgehead atoms. The molecule has 0 N–H and O–H groups in total. The summed E-state index contributed by atoms with van der Waals surface area (Å²) in [6.45, 7) is 0.986. The van der Waals surface area contributed by atoms with Crippen LogP contribution in [0.3, 0.4) is 0 Å². The zero-order chi connectivity index (χ0) is 12.6. The second-order valence-corrected chi connectivity index (χ2v) is 4.14. The molecule has 0 aliphatic rings. The number of benzene rings is 2. The van der Waals surface area contributed by atoms with E-state index >= 15 is 0 Å². The van der Waals surface area contributed by atoms with Crippen LogP contribution in [0.25, 0.3) is 11.1 Å². The molecular formula is C16H16O2. The molecule has 2 rings (SSSR count). The molecule has 0 aliphatic heterocycles. The Bertz CT molecular complexity index is 491. The van der Waals surface area contributed by atoms with Gasteiger partial charge in [-0.1, -0.05) is 54.6 Å². The van der Waals surface area contributed by atoms with Gasteiger partial charge in [0.1, 0.15) is 0 Å². The SMILES string of the molecule is O=COCCCc1cccc(-c2ccccc2)c1. The van der Waals surface area contributed by atoms with Crippen molar-refractivity contribution >= 4 is 6.47 Å². The van der Waals surface area contributed by atoms with Crippen LogP contribution in [0.15, 0.2) is 54.6 Å². The van der Waals surface area contributed by atoms with Crippen molar-refractivity contribution in [2.45, 2.75) is 12.8 Å². The third-order valence-electron chi connectivity index (χ3n) is 2.83. The lowest BCUT2D eigenvalue weighted by Crippen LogP contribution is -1.94. The molecule has 0 aliphatic carbocycles. The fraction of sp³-hybridized carbons (Fsp3) is 0.188. The summed E-state index contributed by atoms with van der Waals surface area (Å²) in [4.78, 5) is 10.0. The van der Waals surface area contributed by atoms with E-state index in [1.54, 1.807) is 0 Å². The van der Waals surface area contributed by atoms with Gasteiger partial charge in [0.2, 0.25) is 0 Å². The first-order valence-electron chi connectivity index (χ1n) is 6.10. The van der Waals surface area contributed by atoms with Crippen LogP contribution in [0.1, 0.15) is 12.0 Å². The van der Waals surface area contributed by atoms with Gasteiger partial charge in [-0.15, -0.1) is 0 Å². The van der Waals surface area contributed by atoms with Gasteiger partial charge in [0, 0.05) is 0 Å². The minimum Gasteiger partial charge on any atom is -0.468 e. The molecule has 2 aromatic carbocycles. The average molecular weight is 240 g/mol. The number of ether oxygens (including phenoxy) is 1. The summed E-state index contributed by atoms with van der Waals surface area (Å²) >= 11 is 0. The first-order valence-corrected chi connectivity index (χ1v) is 6.10. The molecule has 0 fully saturated rings. The Morgan fingerprint density at radius 2 is 1.72 bits per heavy atom. The number of rotatable bonds is 6. The fourth-order valence-electron chi connectivity index (χ4n) is 1.94. The van der Waals surface area contributed by atoms with Gasteiger partial charge in [-0.3, -0.25) is 4.79 Å². The molecule has 0 atom stereocenters. The highest BCUT2D eigenvalue weighted by atomic mass is 16.5. The Morgan fingerprint density at radius 3 is 2.50 bits per heavy atom. The van der Waals surface area contributed by atoms with Crippen LogP contribution >= 0.6 is 0 Å². The molecule has 0 saturated heterocycles. The van der Waals surface area contributed by atoms with Gasteiger partial charge in [0.05, 0.1) is 6.61 Å². The maximum Gasteiger partial charge on any atom is 0.293 e. The lowest BCUT2D eigenvalue weighted by atomic mass is 10.0. The largest absolute Gasteiger partial charge is 0.468 e. The topological polar surface area (TPSA) is 26.3 Å². The second-order valence-electron chi connectivity index (χ2n) is 4.14. The highest BCUT2D eigenvalue weighted by Crippen LogP contribution is 2.20. The van der Waals surface area contributed by atoms with Crippen molar-refractivity contribution in [1.82, 2.24) is 0 Å². The molecule has 0 heterocycles. The maximum absolute atomic E-state index is 10.0. The van der Waals surface area contributed by atoms with Crippen molar-refractivity contribution in [3.05, 3.63) is 60.2 Å². The van der Waals surface area contributed by atoms with Crippen LogP contribution in [0.5, 0.6) is 0 Å². The number of hydrogen-bond donors (Lipinski definition) is 0. The third-order valence-corrected chi connectivity index (χ3v) is 2.83. The summed E-state index contributed by atoms with van der Waals surface area (Å²) in [5.41, 5.74) is 3.72. The Balaban J connectivity index is 2.04. The number of hydrogen-bond acceptors (Lipinski definition) is 2. The third kappa shape index (κ3) is 3.45. The second kappa shape index (κ2) is 6.60. The normalized spacial score (nSPS) is 10.0. The molecule has 18 heavy (non-hydrogen) atoms. The van der Waals surface area contributed by atoms with Gasteiger partial charge in [0.25, 0.3) is 6.47 Å². The fourth-order valence-corrected chi connectivity index (χ4v) is 1.94. The molecule has 0 radical (unpaired) electrons. The molecule has 2 aromatic rings. The highest BCUT2D eigenvalue weighted by Gasteiger charge is 1.99. The minimum absolute atomic E-state index is 0.485. The lowest BCUT2D eigenvalue weighted by molar-refractivity contribution is -0.128. The average Bonchev–Trinajstić information content (AvgIpc) is 2.45. The van der Waals surface area contributed by atoms with Crippen LogP contribution in [-0.4, -0.2) is 13.1 Å². The maximum atomic E-state index is 10.0. The Kier molecular flexibility index (Phi) is 4.53. The summed E-state index contributed by atoms with van der Waals surface area (Å²) in [6.07, 6.45) is 1.78. The molecule has 0 aromatic heterocycles. The molecule has 92 valence electrons. The quantitative estimate of drug-likeness (QED) is 0.571. The molecular weight excluding hydrogens is 224 g/mol. The van der Waals surface area contributed by atoms with Crippen molar-refractivity contribution in [3.8, 4) is 11.1 Å². The van der Waals surface area contributed by atoms with E-state index in [1.165, 1.54) is 16.7 Å². The number of carbonyl (C=O) groups excluding carboxylic acids is 1. The summed E-state index contributed by atoms with van der Waals surface area (Å²) in [5.74, 6) is 0. The Labute approximate surface area is 107 Å². The molecule has 0 spiro atoms. The van der Waals surface area contributed by atoms with E-state index in [0.29, 0.717) is 13.1 Å². The summed E-state index contributed by atoms with van der Waals surface area (Å²) in [7, 11) is 0. The Morgan fingerprint density at radius 1 is 0.944 bits per heavy atom. The van der Waals surface area contributed by atoms with Crippen LogP contribution < -0.4 is 0 Å². The summed E-state index contributed by atoms with van der Waals surface area (Å²) in [5, 5.41) is 0. The van der Waals surface area contributed by atoms with Gasteiger partial charge in [-0.05, 0) is 29.5 Å². The van der Waals surface area contributed by atoms with E-state index in [4.69, 9.17) is 0 Å². The molecule has 2 heteroatoms. The number of carbonyl (C=O) groups is 1. The molecule has 2 nitrogen and oxygen atoms in total. The Hall–Kier alpha value is -2.09. The predicted octanol–water partition coefficient (Wildman–Crippen LogP) is 3.46. The van der Waals surface area contributed by atoms with Gasteiger partial charge in [-0.2, -0.15) is 0 Å². The van der Waals surface area contributed by atoms with Gasteiger partial charge < -0.3 is 4.74 Å². The smallest absolute Gasteiger partial charge is 0.293 e. The van der Waals surface area contributed by atoms with Gasteiger partial charge in [-0.25, -0.2) is 0 Å². The standard InChI is InChI=1S/C16H16O2/c17-13-18-11-5-7-14-6-4-10-16(12-14)15-8-2-1-3-9-15/h1-4,6,8-10,12-13H,5,7,11H2. The van der Waals surface area contributed by atoms with Crippen LogP contribution in [0.2, 0.25) is 0 Å². The van der Waals surface area contributed by atoms with Gasteiger partial charge >= 0.3 is 0 Å². The van der Waals surface area contributed by atoms with Crippen molar-refractivity contribution in [1.29, 1.82) is 0 Å². The molecule has 0 amide bonds. The molecule has 0 saturated carbocycles. The van der Waals surface area contributed by atoms with Gasteiger partial charge in [0.15, 0.2) is 0 Å². The first kappa shape index (κ1) is 12.4. The highest BCUT2D eigenvalue weighted by molar-refractivity contribution is 5.63. The summed E-state index contributed by atoms with van der Waals surface area (Å²) < 4.78 is 4.69. The van der Waals surface area contributed by atoms with E-state index < -0.39 is 0 Å². The van der Waals surface area contributed by atoms with E-state index in [1.807, 2.05) is 18.2 Å². The van der Waals surface area contributed by atoms with Crippen molar-refractivity contribution in [3.63, 3.8) is 0 Å². The van der Waals surface area contributed by atoms with Crippen LogP contribution in [0.4, 0.5) is 0 Å². The van der Waals surface area contributed by atoms with Crippen LogP contribution in [-0.2, 0) is 16.0 Å². The van der Waals surface area contributed by atoms with E-state index in [2.05, 4.69) is 41.1 Å².